The van der Waals surface area contributed by atoms with E-state index in [1.54, 1.807) is 0 Å². The molecule has 3 heteroatoms. The zero-order valence-electron chi connectivity index (χ0n) is 29.5. The van der Waals surface area contributed by atoms with Crippen molar-refractivity contribution in [2.24, 2.45) is 11.8 Å². The van der Waals surface area contributed by atoms with Crippen molar-refractivity contribution < 1.29 is 0 Å². The Morgan fingerprint density at radius 2 is 0.796 bits per heavy atom. The van der Waals surface area contributed by atoms with E-state index < -0.39 is 0 Å². The molecule has 2 aliphatic carbocycles. The fourth-order valence-electron chi connectivity index (χ4n) is 8.57. The van der Waals surface area contributed by atoms with Crippen LogP contribution >= 0.6 is 11.8 Å². The molecule has 2 unspecified atom stereocenters. The minimum atomic E-state index is 0.0799. The Morgan fingerprint density at radius 1 is 0.490 bits per heavy atom. The minimum Gasteiger partial charge on any atom is -0.192 e. The van der Waals surface area contributed by atoms with Crippen LogP contribution in [0.1, 0.15) is 158 Å². The molecule has 0 radical (unpaired) electrons. The van der Waals surface area contributed by atoms with Crippen molar-refractivity contribution in [1.29, 1.82) is 10.5 Å². The van der Waals surface area contributed by atoms with Crippen LogP contribution in [-0.4, -0.2) is 0 Å². The Balaban J connectivity index is 1.29. The molecule has 4 aromatic carbocycles. The number of rotatable bonds is 12. The van der Waals surface area contributed by atoms with Crippen molar-refractivity contribution in [1.82, 2.24) is 0 Å². The average molecular weight is 665 g/mol. The summed E-state index contributed by atoms with van der Waals surface area (Å²) in [6.45, 7) is 4.63. The summed E-state index contributed by atoms with van der Waals surface area (Å²) < 4.78 is 0. The molecule has 0 aromatic heterocycles. The molecule has 2 saturated carbocycles. The molecule has 0 aliphatic heterocycles. The third-order valence-electron chi connectivity index (χ3n) is 11.5. The summed E-state index contributed by atoms with van der Waals surface area (Å²) in [7, 11) is 0. The first-order valence-electron chi connectivity index (χ1n) is 18.9. The van der Waals surface area contributed by atoms with Crippen LogP contribution in [0.2, 0.25) is 0 Å². The molecule has 0 spiro atoms. The lowest BCUT2D eigenvalue weighted by atomic mass is 9.77. The van der Waals surface area contributed by atoms with E-state index in [4.69, 9.17) is 0 Å². The molecular weight excluding hydrogens is 613 g/mol. The van der Waals surface area contributed by atoms with Crippen molar-refractivity contribution in [2.45, 2.75) is 113 Å². The topological polar surface area (TPSA) is 47.6 Å². The molecule has 4 aromatic rings. The first-order valence-corrected chi connectivity index (χ1v) is 19.9. The second kappa shape index (κ2) is 17.2. The van der Waals surface area contributed by atoms with Gasteiger partial charge in [-0.3, -0.25) is 0 Å². The highest BCUT2D eigenvalue weighted by molar-refractivity contribution is 8.00. The highest BCUT2D eigenvalue weighted by Crippen LogP contribution is 2.49. The molecule has 0 amide bonds. The van der Waals surface area contributed by atoms with Crippen molar-refractivity contribution in [2.75, 3.05) is 0 Å². The summed E-state index contributed by atoms with van der Waals surface area (Å²) >= 11 is 1.96. The molecule has 6 rings (SSSR count). The van der Waals surface area contributed by atoms with E-state index in [0.717, 1.165) is 11.8 Å². The molecule has 0 heterocycles. The lowest BCUT2D eigenvalue weighted by Gasteiger charge is -2.30. The zero-order valence-corrected chi connectivity index (χ0v) is 30.3. The lowest BCUT2D eigenvalue weighted by molar-refractivity contribution is 0.308. The van der Waals surface area contributed by atoms with Crippen LogP contribution in [0.4, 0.5) is 0 Å². The van der Waals surface area contributed by atoms with E-state index in [9.17, 15) is 10.5 Å². The number of hydrogen-bond donors (Lipinski definition) is 0. The largest absolute Gasteiger partial charge is 0.192 e. The van der Waals surface area contributed by atoms with E-state index in [2.05, 4.69) is 98.8 Å². The van der Waals surface area contributed by atoms with Crippen molar-refractivity contribution >= 4 is 11.8 Å². The molecule has 2 fully saturated rings. The number of hydrogen-bond acceptors (Lipinski definition) is 3. The van der Waals surface area contributed by atoms with Crippen molar-refractivity contribution in [3.8, 4) is 12.1 Å². The van der Waals surface area contributed by atoms with Crippen LogP contribution in [0.15, 0.2) is 97.1 Å². The van der Waals surface area contributed by atoms with E-state index in [1.165, 1.54) is 110 Å². The van der Waals surface area contributed by atoms with Crippen LogP contribution in [0.3, 0.4) is 0 Å². The summed E-state index contributed by atoms with van der Waals surface area (Å²) in [5.41, 5.74) is 9.31. The van der Waals surface area contributed by atoms with Crippen molar-refractivity contribution in [3.05, 3.63) is 142 Å². The lowest BCUT2D eigenvalue weighted by Crippen LogP contribution is -2.13. The average Bonchev–Trinajstić information content (AvgIpc) is 3.17. The Labute approximate surface area is 300 Å². The highest BCUT2D eigenvalue weighted by Gasteiger charge is 2.27. The maximum absolute atomic E-state index is 9.55. The van der Waals surface area contributed by atoms with Gasteiger partial charge in [-0.1, -0.05) is 112 Å². The SMILES string of the molecule is CCC[C@H]1CC[C@H](c2ccc(C(SC(c3ccc(C#N)cc3)c3ccc([C@H]4CC[C@H](CCC)CC4)cc3)c3ccc(C#N)cc3)cc2)CC1. The summed E-state index contributed by atoms with van der Waals surface area (Å²) in [5, 5.41) is 19.3. The maximum atomic E-state index is 9.55. The summed E-state index contributed by atoms with van der Waals surface area (Å²) in [4.78, 5) is 0. The third kappa shape index (κ3) is 8.87. The zero-order chi connectivity index (χ0) is 34.0. The van der Waals surface area contributed by atoms with Crippen molar-refractivity contribution in [3.63, 3.8) is 0 Å². The molecule has 2 nitrogen and oxygen atoms in total. The van der Waals surface area contributed by atoms with E-state index >= 15 is 0 Å². The van der Waals surface area contributed by atoms with Crippen LogP contribution < -0.4 is 0 Å². The van der Waals surface area contributed by atoms with Gasteiger partial charge < -0.3 is 0 Å². The highest BCUT2D eigenvalue weighted by atomic mass is 32.2. The minimum absolute atomic E-state index is 0.0799. The molecule has 49 heavy (non-hydrogen) atoms. The van der Waals surface area contributed by atoms with Crippen LogP contribution in [-0.2, 0) is 0 Å². The predicted molar refractivity (Wildman–Crippen MR) is 206 cm³/mol. The molecule has 0 N–H and O–H groups in total. The van der Waals surface area contributed by atoms with Gasteiger partial charge in [0.05, 0.1) is 33.8 Å². The van der Waals surface area contributed by atoms with Gasteiger partial charge in [0.25, 0.3) is 0 Å². The molecule has 252 valence electrons. The van der Waals surface area contributed by atoms with Gasteiger partial charge in [0.15, 0.2) is 0 Å². The van der Waals surface area contributed by atoms with Gasteiger partial charge in [-0.2, -0.15) is 10.5 Å². The fraction of sp³-hybridized carbons (Fsp3) is 0.435. The summed E-state index contributed by atoms with van der Waals surface area (Å²) in [5.74, 6) is 3.14. The second-order valence-corrected chi connectivity index (χ2v) is 15.9. The van der Waals surface area contributed by atoms with Crippen LogP contribution in [0.5, 0.6) is 0 Å². The normalized spacial score (nSPS) is 22.0. The Kier molecular flexibility index (Phi) is 12.3. The number of nitriles is 2. The van der Waals surface area contributed by atoms with Gasteiger partial charge >= 0.3 is 0 Å². The smallest absolute Gasteiger partial charge is 0.0991 e. The number of benzene rings is 4. The van der Waals surface area contributed by atoms with Crippen LogP contribution in [0.25, 0.3) is 0 Å². The monoisotopic (exact) mass is 664 g/mol. The molecular formula is C46H52N2S. The Bertz CT molecular complexity index is 1550. The third-order valence-corrected chi connectivity index (χ3v) is 13.1. The van der Waals surface area contributed by atoms with Crippen LogP contribution in [0, 0.1) is 34.5 Å². The predicted octanol–water partition coefficient (Wildman–Crippen LogP) is 13.2. The Hall–Kier alpha value is -3.79. The van der Waals surface area contributed by atoms with E-state index in [-0.39, 0.29) is 10.5 Å². The molecule has 0 bridgehead atoms. The first kappa shape index (κ1) is 35.1. The fourth-order valence-corrected chi connectivity index (χ4v) is 10.1. The molecule has 2 aliphatic rings. The van der Waals surface area contributed by atoms with E-state index in [0.29, 0.717) is 23.0 Å². The standard InChI is InChI=1S/C46H52N2S/c1-3-5-33-7-15-37(16-8-33)39-23-27-43(28-24-39)45(41-19-11-35(31-47)12-20-41)49-46(42-21-13-36(32-48)14-22-42)44-29-25-40(26-30-44)38-17-9-34(6-4-2)10-18-38/h11-14,19-30,33-34,37-38,45-46H,3-10,15-18H2,1-2H3/t33-,34-,37-,38-,45?,46?. The quantitative estimate of drug-likeness (QED) is 0.151. The maximum Gasteiger partial charge on any atom is 0.0991 e. The Morgan fingerprint density at radius 3 is 1.08 bits per heavy atom. The first-order chi connectivity index (χ1) is 24.1. The van der Waals surface area contributed by atoms with Gasteiger partial charge in [-0.25, -0.2) is 0 Å². The van der Waals surface area contributed by atoms with Gasteiger partial charge in [0, 0.05) is 0 Å². The van der Waals surface area contributed by atoms with Gasteiger partial charge in [-0.05, 0) is 133 Å². The van der Waals surface area contributed by atoms with Gasteiger partial charge in [-0.15, -0.1) is 11.8 Å². The number of nitrogens with zero attached hydrogens (tertiary/aromatic N) is 2. The molecule has 2 atom stereocenters. The summed E-state index contributed by atoms with van der Waals surface area (Å²) in [6, 6.07) is 39.9. The summed E-state index contributed by atoms with van der Waals surface area (Å²) in [6.07, 6.45) is 16.0. The van der Waals surface area contributed by atoms with E-state index in [1.807, 2.05) is 36.0 Å². The second-order valence-electron chi connectivity index (χ2n) is 14.7. The van der Waals surface area contributed by atoms with Gasteiger partial charge in [0.2, 0.25) is 0 Å². The number of thioether (sulfide) groups is 1. The van der Waals surface area contributed by atoms with Gasteiger partial charge in [0.1, 0.15) is 0 Å². The molecule has 0 saturated heterocycles.